The first-order valence-electron chi connectivity index (χ1n) is 12.1. The SMILES string of the molecule is CC(OC(=O)OCC1COC(C)(C)O1)OC(=O)C1=C(C=O)CSC2C(NC(=O)/C(=N\OCF)c3nsc(N)n3)C(=O)N12. The zero-order valence-electron chi connectivity index (χ0n) is 22.3. The topological polar surface area (TPSA) is 220 Å². The number of carbonyl (C=O) groups excluding carboxylic acids is 5. The molecule has 0 spiro atoms. The van der Waals surface area contributed by atoms with Crippen molar-refractivity contribution in [1.29, 1.82) is 0 Å². The Morgan fingerprint density at radius 1 is 1.36 bits per heavy atom. The summed E-state index contributed by atoms with van der Waals surface area (Å²) < 4.78 is 42.3. The van der Waals surface area contributed by atoms with Gasteiger partial charge in [-0.2, -0.15) is 9.36 Å². The second-order valence-electron chi connectivity index (χ2n) is 9.09. The Morgan fingerprint density at radius 2 is 2.12 bits per heavy atom. The van der Waals surface area contributed by atoms with E-state index in [2.05, 4.69) is 24.7 Å². The average molecular weight is 633 g/mol. The number of β-lactam (4-membered cyclic amide) rings is 1. The van der Waals surface area contributed by atoms with Gasteiger partial charge in [-0.15, -0.1) is 11.8 Å². The van der Waals surface area contributed by atoms with E-state index in [1.165, 1.54) is 6.92 Å². The van der Waals surface area contributed by atoms with Gasteiger partial charge >= 0.3 is 12.1 Å². The third kappa shape index (κ3) is 6.94. The van der Waals surface area contributed by atoms with E-state index in [1.54, 1.807) is 13.8 Å². The van der Waals surface area contributed by atoms with Crippen molar-refractivity contribution < 1.29 is 56.9 Å². The van der Waals surface area contributed by atoms with Crippen LogP contribution in [0.15, 0.2) is 16.4 Å². The number of aldehydes is 1. The van der Waals surface area contributed by atoms with Gasteiger partial charge in [0.05, 0.1) is 6.61 Å². The fraction of sp³-hybridized carbons (Fsp3) is 0.545. The fourth-order valence-electron chi connectivity index (χ4n) is 3.94. The summed E-state index contributed by atoms with van der Waals surface area (Å²) >= 11 is 1.83. The molecule has 2 saturated heterocycles. The predicted molar refractivity (Wildman–Crippen MR) is 139 cm³/mol. The summed E-state index contributed by atoms with van der Waals surface area (Å²) in [7, 11) is 0. The van der Waals surface area contributed by atoms with Crippen molar-refractivity contribution in [3.05, 3.63) is 17.1 Å². The molecule has 0 saturated carbocycles. The molecule has 3 N–H and O–H groups in total. The molecule has 1 aromatic heterocycles. The molecule has 0 aliphatic carbocycles. The highest BCUT2D eigenvalue weighted by molar-refractivity contribution is 8.00. The molecule has 4 heterocycles. The van der Waals surface area contributed by atoms with Crippen molar-refractivity contribution in [2.45, 2.75) is 50.4 Å². The number of halogens is 1. The molecule has 0 radical (unpaired) electrons. The van der Waals surface area contributed by atoms with Crippen LogP contribution in [0.3, 0.4) is 0 Å². The third-order valence-electron chi connectivity index (χ3n) is 5.68. The van der Waals surface area contributed by atoms with E-state index >= 15 is 0 Å². The predicted octanol–water partition coefficient (Wildman–Crippen LogP) is -0.185. The number of nitrogen functional groups attached to an aromatic ring is 1. The van der Waals surface area contributed by atoms with E-state index in [9.17, 15) is 28.4 Å². The van der Waals surface area contributed by atoms with Crippen LogP contribution < -0.4 is 11.1 Å². The van der Waals surface area contributed by atoms with E-state index in [0.29, 0.717) is 6.29 Å². The number of hydrogen-bond acceptors (Lipinski definition) is 17. The van der Waals surface area contributed by atoms with Crippen molar-refractivity contribution >= 4 is 64.4 Å². The van der Waals surface area contributed by atoms with Crippen LogP contribution in [0.1, 0.15) is 26.6 Å². The second-order valence-corrected chi connectivity index (χ2v) is 11.0. The Balaban J connectivity index is 1.36. The summed E-state index contributed by atoms with van der Waals surface area (Å²) in [6.45, 7) is 3.32. The molecule has 228 valence electrons. The number of nitrogens with two attached hydrogens (primary N) is 1. The molecule has 3 aliphatic rings. The molecule has 0 bridgehead atoms. The molecule has 4 rings (SSSR count). The van der Waals surface area contributed by atoms with Crippen LogP contribution in [-0.4, -0.2) is 106 Å². The summed E-state index contributed by atoms with van der Waals surface area (Å²) in [4.78, 5) is 71.7. The largest absolute Gasteiger partial charge is 0.511 e. The highest BCUT2D eigenvalue weighted by Gasteiger charge is 2.55. The Labute approximate surface area is 245 Å². The lowest BCUT2D eigenvalue weighted by Crippen LogP contribution is -2.71. The van der Waals surface area contributed by atoms with Gasteiger partial charge in [0.1, 0.15) is 36.1 Å². The van der Waals surface area contributed by atoms with Gasteiger partial charge in [0.2, 0.25) is 17.8 Å². The number of hydrogen-bond donors (Lipinski definition) is 2. The zero-order chi connectivity index (χ0) is 30.6. The van der Waals surface area contributed by atoms with Crippen LogP contribution in [0, 0.1) is 0 Å². The first kappa shape index (κ1) is 31.1. The van der Waals surface area contributed by atoms with Crippen LogP contribution >= 0.6 is 23.3 Å². The normalized spacial score (nSPS) is 23.8. The van der Waals surface area contributed by atoms with Gasteiger partial charge in [-0.25, -0.2) is 14.0 Å². The summed E-state index contributed by atoms with van der Waals surface area (Å²) in [5.41, 5.74) is 4.56. The molecule has 4 atom stereocenters. The molecule has 1 aromatic rings. The molecule has 3 aliphatic heterocycles. The zero-order valence-corrected chi connectivity index (χ0v) is 23.9. The second kappa shape index (κ2) is 13.0. The number of oxime groups is 1. The molecule has 17 nitrogen and oxygen atoms in total. The number of fused-ring (bicyclic) bond motifs is 1. The van der Waals surface area contributed by atoms with Crippen molar-refractivity contribution in [2.75, 3.05) is 31.6 Å². The monoisotopic (exact) mass is 632 g/mol. The molecular formula is C22H25FN6O11S2. The minimum Gasteiger partial charge on any atom is -0.431 e. The average Bonchev–Trinajstić information content (AvgIpc) is 3.53. The molecular weight excluding hydrogens is 607 g/mol. The number of carbonyl (C=O) groups is 5. The maximum Gasteiger partial charge on any atom is 0.511 e. The molecule has 2 amide bonds. The van der Waals surface area contributed by atoms with Crippen LogP contribution in [0.5, 0.6) is 0 Å². The summed E-state index contributed by atoms with van der Waals surface area (Å²) in [5, 5.41) is 4.95. The Hall–Kier alpha value is -3.88. The number of ether oxygens (including phenoxy) is 5. The number of anilines is 1. The van der Waals surface area contributed by atoms with E-state index in [-0.39, 0.29) is 41.2 Å². The first-order chi connectivity index (χ1) is 19.9. The number of aromatic nitrogens is 2. The van der Waals surface area contributed by atoms with Gasteiger partial charge in [0.25, 0.3) is 18.7 Å². The van der Waals surface area contributed by atoms with Crippen LogP contribution in [0.4, 0.5) is 14.3 Å². The number of amides is 2. The number of thioether (sulfide) groups is 1. The van der Waals surface area contributed by atoms with Gasteiger partial charge in [-0.3, -0.25) is 19.3 Å². The van der Waals surface area contributed by atoms with Crippen LogP contribution in [-0.2, 0) is 47.7 Å². The van der Waals surface area contributed by atoms with E-state index < -0.39 is 66.1 Å². The lowest BCUT2D eigenvalue weighted by Gasteiger charge is -2.49. The standard InChI is InChI=1S/C22H25FN6O11S2/c1-9(39-21(34)35-5-11-6-36-22(2,3)40-11)38-19(33)14-10(4-30)7-41-18-13(17(32)29(14)18)25-16(31)12(27-37-8-23)15-26-20(24)42-28-15/h4,9,11,13,18H,5-8H2,1-3H3,(H,25,31)(H2,24,26,28)/b27-12-. The Morgan fingerprint density at radius 3 is 2.74 bits per heavy atom. The van der Waals surface area contributed by atoms with E-state index in [1.807, 2.05) is 0 Å². The van der Waals surface area contributed by atoms with Crippen molar-refractivity contribution in [3.8, 4) is 0 Å². The maximum atomic E-state index is 13.0. The molecule has 20 heteroatoms. The van der Waals surface area contributed by atoms with Crippen molar-refractivity contribution in [3.63, 3.8) is 0 Å². The molecule has 0 aromatic carbocycles. The van der Waals surface area contributed by atoms with Crippen LogP contribution in [0.2, 0.25) is 0 Å². The Kier molecular flexibility index (Phi) is 9.59. The lowest BCUT2D eigenvalue weighted by atomic mass is 10.0. The van der Waals surface area contributed by atoms with E-state index in [0.717, 1.165) is 28.2 Å². The summed E-state index contributed by atoms with van der Waals surface area (Å²) in [5.74, 6) is -3.95. The third-order valence-corrected chi connectivity index (χ3v) is 7.53. The van der Waals surface area contributed by atoms with Gasteiger partial charge in [-0.1, -0.05) is 5.16 Å². The highest BCUT2D eigenvalue weighted by Crippen LogP contribution is 2.40. The number of rotatable bonds is 11. The van der Waals surface area contributed by atoms with Crippen LogP contribution in [0.25, 0.3) is 0 Å². The number of nitrogens with one attached hydrogen (secondary N) is 1. The fourth-order valence-corrected chi connectivity index (χ4v) is 5.67. The van der Waals surface area contributed by atoms with Gasteiger partial charge in [0.15, 0.2) is 10.9 Å². The smallest absolute Gasteiger partial charge is 0.431 e. The minimum atomic E-state index is -1.46. The highest BCUT2D eigenvalue weighted by atomic mass is 32.2. The van der Waals surface area contributed by atoms with Gasteiger partial charge < -0.3 is 39.6 Å². The first-order valence-corrected chi connectivity index (χ1v) is 13.9. The number of alkyl halides is 1. The van der Waals surface area contributed by atoms with Crippen molar-refractivity contribution in [1.82, 2.24) is 19.6 Å². The Bertz CT molecular complexity index is 1320. The maximum absolute atomic E-state index is 13.0. The van der Waals surface area contributed by atoms with Gasteiger partial charge in [0, 0.05) is 29.8 Å². The number of esters is 1. The summed E-state index contributed by atoms with van der Waals surface area (Å²) in [6.07, 6.45) is -2.74. The quantitative estimate of drug-likeness (QED) is 0.0806. The van der Waals surface area contributed by atoms with Crippen molar-refractivity contribution in [2.24, 2.45) is 5.16 Å². The lowest BCUT2D eigenvalue weighted by molar-refractivity contribution is -0.170. The van der Waals surface area contributed by atoms with Gasteiger partial charge in [-0.05, 0) is 13.8 Å². The minimum absolute atomic E-state index is 0.00195. The number of nitrogens with zero attached hydrogens (tertiary/aromatic N) is 4. The molecule has 2 fully saturated rings. The summed E-state index contributed by atoms with van der Waals surface area (Å²) in [6, 6.07) is -1.18. The molecule has 42 heavy (non-hydrogen) atoms. The van der Waals surface area contributed by atoms with E-state index in [4.69, 9.17) is 29.4 Å². The molecule has 4 unspecified atom stereocenters.